The molecule has 0 aliphatic heterocycles. The van der Waals surface area contributed by atoms with Gasteiger partial charge in [0.05, 0.1) is 0 Å². The molecule has 0 spiro atoms. The highest BCUT2D eigenvalue weighted by Crippen LogP contribution is 2.16. The summed E-state index contributed by atoms with van der Waals surface area (Å²) in [6.07, 6.45) is 6.21. The maximum atomic E-state index is 12.3. The van der Waals surface area contributed by atoms with Crippen molar-refractivity contribution in [2.75, 3.05) is 10.6 Å². The van der Waals surface area contributed by atoms with Crippen molar-refractivity contribution in [3.8, 4) is 0 Å². The van der Waals surface area contributed by atoms with Crippen LogP contribution in [-0.4, -0.2) is 11.8 Å². The summed E-state index contributed by atoms with van der Waals surface area (Å²) in [6.45, 7) is 4.09. The molecule has 2 rings (SSSR count). The molecule has 0 bridgehead atoms. The van der Waals surface area contributed by atoms with E-state index in [0.717, 1.165) is 24.1 Å². The Kier molecular flexibility index (Phi) is 7.87. The molecule has 4 nitrogen and oxygen atoms in total. The van der Waals surface area contributed by atoms with E-state index in [-0.39, 0.29) is 11.8 Å². The van der Waals surface area contributed by atoms with Crippen molar-refractivity contribution in [2.24, 2.45) is 0 Å². The molecule has 0 aromatic heterocycles. The molecule has 138 valence electrons. The minimum absolute atomic E-state index is 0.0400. The molecule has 0 aliphatic carbocycles. The molecule has 26 heavy (non-hydrogen) atoms. The minimum Gasteiger partial charge on any atom is -0.326 e. The van der Waals surface area contributed by atoms with E-state index in [1.807, 2.05) is 37.3 Å². The topological polar surface area (TPSA) is 58.2 Å². The Bertz CT molecular complexity index is 723. The lowest BCUT2D eigenvalue weighted by Crippen LogP contribution is -2.14. The Morgan fingerprint density at radius 3 is 2.08 bits per heavy atom. The van der Waals surface area contributed by atoms with Gasteiger partial charge in [-0.3, -0.25) is 9.59 Å². The second kappa shape index (κ2) is 10.4. The van der Waals surface area contributed by atoms with Crippen molar-refractivity contribution >= 4 is 23.2 Å². The third-order valence-corrected chi connectivity index (χ3v) is 4.32. The second-order valence-electron chi connectivity index (χ2n) is 6.56. The quantitative estimate of drug-likeness (QED) is 0.582. The molecule has 0 atom stereocenters. The minimum atomic E-state index is -0.132. The lowest BCUT2D eigenvalue weighted by atomic mass is 10.1. The zero-order chi connectivity index (χ0) is 18.8. The van der Waals surface area contributed by atoms with E-state index in [1.165, 1.54) is 19.3 Å². The van der Waals surface area contributed by atoms with Crippen molar-refractivity contribution < 1.29 is 9.59 Å². The summed E-state index contributed by atoms with van der Waals surface area (Å²) in [5, 5.41) is 5.78. The van der Waals surface area contributed by atoms with Crippen LogP contribution in [0.25, 0.3) is 0 Å². The molecule has 0 heterocycles. The molecule has 2 aromatic carbocycles. The van der Waals surface area contributed by atoms with Gasteiger partial charge < -0.3 is 10.6 Å². The van der Waals surface area contributed by atoms with Crippen LogP contribution in [-0.2, 0) is 4.79 Å². The fourth-order valence-electron chi connectivity index (χ4n) is 2.78. The van der Waals surface area contributed by atoms with E-state index in [1.54, 1.807) is 18.2 Å². The lowest BCUT2D eigenvalue weighted by molar-refractivity contribution is -0.116. The van der Waals surface area contributed by atoms with E-state index in [2.05, 4.69) is 17.6 Å². The molecule has 4 heteroatoms. The van der Waals surface area contributed by atoms with Crippen LogP contribution in [0.5, 0.6) is 0 Å². The maximum absolute atomic E-state index is 12.3. The van der Waals surface area contributed by atoms with Crippen molar-refractivity contribution in [2.45, 2.75) is 52.4 Å². The van der Waals surface area contributed by atoms with E-state index < -0.39 is 0 Å². The summed E-state index contributed by atoms with van der Waals surface area (Å²) in [6, 6.07) is 14.7. The van der Waals surface area contributed by atoms with Gasteiger partial charge in [-0.1, -0.05) is 50.8 Å². The van der Waals surface area contributed by atoms with Gasteiger partial charge >= 0.3 is 0 Å². The summed E-state index contributed by atoms with van der Waals surface area (Å²) in [5.41, 5.74) is 3.05. The van der Waals surface area contributed by atoms with Gasteiger partial charge in [-0.2, -0.15) is 0 Å². The Morgan fingerprint density at radius 1 is 0.808 bits per heavy atom. The Hall–Kier alpha value is -2.62. The van der Waals surface area contributed by atoms with Gasteiger partial charge in [0.25, 0.3) is 5.91 Å². The number of amides is 2. The van der Waals surface area contributed by atoms with Crippen LogP contribution in [0, 0.1) is 6.92 Å². The first-order valence-electron chi connectivity index (χ1n) is 9.37. The predicted octanol–water partition coefficient (Wildman–Crippen LogP) is 5.55. The van der Waals surface area contributed by atoms with Gasteiger partial charge in [-0.25, -0.2) is 0 Å². The van der Waals surface area contributed by atoms with Crippen LogP contribution in [0.3, 0.4) is 0 Å². The molecule has 2 aromatic rings. The smallest absolute Gasteiger partial charge is 0.255 e. The number of carbonyl (C=O) groups is 2. The third-order valence-electron chi connectivity index (χ3n) is 4.32. The van der Waals surface area contributed by atoms with Crippen LogP contribution in [0.2, 0.25) is 0 Å². The number of carbonyl (C=O) groups excluding carboxylic acids is 2. The average Bonchev–Trinajstić information content (AvgIpc) is 2.63. The second-order valence-corrected chi connectivity index (χ2v) is 6.56. The fraction of sp³-hybridized carbons (Fsp3) is 0.364. The van der Waals surface area contributed by atoms with Crippen LogP contribution < -0.4 is 10.6 Å². The largest absolute Gasteiger partial charge is 0.326 e. The molecule has 0 saturated carbocycles. The van der Waals surface area contributed by atoms with E-state index in [0.29, 0.717) is 17.7 Å². The molecule has 0 radical (unpaired) electrons. The molecule has 0 saturated heterocycles. The summed E-state index contributed by atoms with van der Waals surface area (Å²) in [7, 11) is 0. The van der Waals surface area contributed by atoms with Crippen molar-refractivity contribution in [1.29, 1.82) is 0 Å². The Balaban J connectivity index is 1.81. The monoisotopic (exact) mass is 352 g/mol. The normalized spacial score (nSPS) is 10.4. The predicted molar refractivity (Wildman–Crippen MR) is 108 cm³/mol. The number of unbranched alkanes of at least 4 members (excludes halogenated alkanes) is 4. The summed E-state index contributed by atoms with van der Waals surface area (Å²) in [4.78, 5) is 24.3. The molecule has 0 unspecified atom stereocenters. The molecular formula is C22H28N2O2. The zero-order valence-corrected chi connectivity index (χ0v) is 15.7. The van der Waals surface area contributed by atoms with Crippen LogP contribution in [0.4, 0.5) is 11.4 Å². The number of nitrogens with one attached hydrogen (secondary N) is 2. The fourth-order valence-corrected chi connectivity index (χ4v) is 2.78. The Labute approximate surface area is 156 Å². The highest BCUT2D eigenvalue weighted by atomic mass is 16.2. The van der Waals surface area contributed by atoms with Gasteiger partial charge in [-0.05, 0) is 49.2 Å². The zero-order valence-electron chi connectivity index (χ0n) is 15.7. The number of aryl methyl sites for hydroxylation is 1. The SMILES string of the molecule is CCCCCCCC(=O)Nc1ccc(NC(=O)c2ccccc2C)cc1. The molecule has 2 amide bonds. The van der Waals surface area contributed by atoms with Crippen molar-refractivity contribution in [3.63, 3.8) is 0 Å². The third kappa shape index (κ3) is 6.36. The van der Waals surface area contributed by atoms with E-state index in [9.17, 15) is 9.59 Å². The van der Waals surface area contributed by atoms with Crippen molar-refractivity contribution in [1.82, 2.24) is 0 Å². The lowest BCUT2D eigenvalue weighted by Gasteiger charge is -2.09. The molecule has 2 N–H and O–H groups in total. The number of benzene rings is 2. The van der Waals surface area contributed by atoms with Gasteiger partial charge in [0.2, 0.25) is 5.91 Å². The average molecular weight is 352 g/mol. The summed E-state index contributed by atoms with van der Waals surface area (Å²) in [5.74, 6) is -0.0924. The van der Waals surface area contributed by atoms with Crippen molar-refractivity contribution in [3.05, 3.63) is 59.7 Å². The highest BCUT2D eigenvalue weighted by Gasteiger charge is 2.08. The summed E-state index contributed by atoms with van der Waals surface area (Å²) >= 11 is 0. The first kappa shape index (κ1) is 19.7. The molecule has 0 aliphatic rings. The highest BCUT2D eigenvalue weighted by molar-refractivity contribution is 6.05. The van der Waals surface area contributed by atoms with Gasteiger partial charge in [0.15, 0.2) is 0 Å². The Morgan fingerprint density at radius 2 is 1.42 bits per heavy atom. The van der Waals surface area contributed by atoms with Crippen LogP contribution in [0.1, 0.15) is 61.4 Å². The first-order valence-corrected chi connectivity index (χ1v) is 9.37. The van der Waals surface area contributed by atoms with E-state index in [4.69, 9.17) is 0 Å². The van der Waals surface area contributed by atoms with Gasteiger partial charge in [0, 0.05) is 23.4 Å². The van der Waals surface area contributed by atoms with Crippen LogP contribution >= 0.6 is 0 Å². The van der Waals surface area contributed by atoms with E-state index >= 15 is 0 Å². The van der Waals surface area contributed by atoms with Gasteiger partial charge in [-0.15, -0.1) is 0 Å². The summed E-state index contributed by atoms with van der Waals surface area (Å²) < 4.78 is 0. The number of rotatable bonds is 9. The molecule has 0 fully saturated rings. The standard InChI is InChI=1S/C22H28N2O2/c1-3-4-5-6-7-12-21(25)23-18-13-15-19(16-14-18)24-22(26)20-11-9-8-10-17(20)2/h8-11,13-16H,3-7,12H2,1-2H3,(H,23,25)(H,24,26). The first-order chi connectivity index (χ1) is 12.6. The number of anilines is 2. The van der Waals surface area contributed by atoms with Crippen LogP contribution in [0.15, 0.2) is 48.5 Å². The number of hydrogen-bond acceptors (Lipinski definition) is 2. The molecular weight excluding hydrogens is 324 g/mol. The maximum Gasteiger partial charge on any atom is 0.255 e. The number of hydrogen-bond donors (Lipinski definition) is 2. The van der Waals surface area contributed by atoms with Gasteiger partial charge in [0.1, 0.15) is 0 Å².